The molecule has 6 nitrogen and oxygen atoms in total. The van der Waals surface area contributed by atoms with Gasteiger partial charge in [-0.15, -0.1) is 0 Å². The van der Waals surface area contributed by atoms with Crippen LogP contribution in [0, 0.1) is 5.92 Å². The second-order valence-electron chi connectivity index (χ2n) is 5.68. The van der Waals surface area contributed by atoms with Gasteiger partial charge in [-0.25, -0.2) is 12.7 Å². The van der Waals surface area contributed by atoms with E-state index in [4.69, 9.17) is 5.73 Å². The number of guanidine groups is 1. The first-order valence-corrected chi connectivity index (χ1v) is 7.81. The zero-order valence-electron chi connectivity index (χ0n) is 11.6. The van der Waals surface area contributed by atoms with Gasteiger partial charge in [0.2, 0.25) is 10.0 Å². The highest BCUT2D eigenvalue weighted by molar-refractivity contribution is 7.89. The summed E-state index contributed by atoms with van der Waals surface area (Å²) in [5.41, 5.74) is 5.63. The lowest BCUT2D eigenvalue weighted by atomic mass is 10.0. The lowest BCUT2D eigenvalue weighted by molar-refractivity contribution is 0.208. The van der Waals surface area contributed by atoms with E-state index < -0.39 is 10.0 Å². The first-order valence-electron chi connectivity index (χ1n) is 6.20. The Kier molecular flexibility index (Phi) is 4.61. The normalized spacial score (nSPS) is 19.7. The van der Waals surface area contributed by atoms with Gasteiger partial charge in [0.1, 0.15) is 0 Å². The average molecular weight is 276 g/mol. The number of sulfonamides is 1. The molecule has 0 bridgehead atoms. The molecule has 0 spiro atoms. The van der Waals surface area contributed by atoms with E-state index in [0.29, 0.717) is 25.6 Å². The van der Waals surface area contributed by atoms with Gasteiger partial charge >= 0.3 is 0 Å². The second-order valence-corrected chi connectivity index (χ2v) is 7.94. The summed E-state index contributed by atoms with van der Waals surface area (Å²) >= 11 is 0. The van der Waals surface area contributed by atoms with E-state index in [2.05, 4.69) is 10.3 Å². The predicted octanol–water partition coefficient (Wildman–Crippen LogP) is -0.0293. The molecule has 106 valence electrons. The maximum absolute atomic E-state index is 11.5. The summed E-state index contributed by atoms with van der Waals surface area (Å²) in [5.74, 6) is 0.863. The highest BCUT2D eigenvalue weighted by Gasteiger charge is 2.34. The fourth-order valence-electron chi connectivity index (χ4n) is 1.70. The fourth-order valence-corrected chi connectivity index (χ4v) is 2.94. The zero-order valence-corrected chi connectivity index (χ0v) is 12.4. The van der Waals surface area contributed by atoms with Gasteiger partial charge in [0.25, 0.3) is 0 Å². The first-order chi connectivity index (χ1) is 8.14. The molecule has 0 aromatic carbocycles. The largest absolute Gasteiger partial charge is 0.370 e. The van der Waals surface area contributed by atoms with Crippen molar-refractivity contribution in [3.8, 4) is 0 Å². The molecule has 0 unspecified atom stereocenters. The van der Waals surface area contributed by atoms with Crippen LogP contribution in [0.15, 0.2) is 4.99 Å². The quantitative estimate of drug-likeness (QED) is 0.557. The van der Waals surface area contributed by atoms with Gasteiger partial charge in [0.15, 0.2) is 5.96 Å². The van der Waals surface area contributed by atoms with Gasteiger partial charge in [0, 0.05) is 31.1 Å². The van der Waals surface area contributed by atoms with Crippen LogP contribution in [-0.4, -0.2) is 49.6 Å². The first kappa shape index (κ1) is 15.2. The molecule has 1 heterocycles. The van der Waals surface area contributed by atoms with Crippen LogP contribution in [0.2, 0.25) is 0 Å². The van der Waals surface area contributed by atoms with Crippen molar-refractivity contribution in [2.24, 2.45) is 16.6 Å². The Morgan fingerprint density at radius 1 is 1.44 bits per heavy atom. The Labute approximate surface area is 110 Å². The molecule has 0 atom stereocenters. The molecule has 0 aliphatic carbocycles. The van der Waals surface area contributed by atoms with Crippen molar-refractivity contribution in [3.05, 3.63) is 0 Å². The lowest BCUT2D eigenvalue weighted by Crippen LogP contribution is -2.52. The number of hydrogen-bond acceptors (Lipinski definition) is 3. The van der Waals surface area contributed by atoms with Crippen molar-refractivity contribution in [2.75, 3.05) is 25.4 Å². The highest BCUT2D eigenvalue weighted by atomic mass is 32.2. The summed E-state index contributed by atoms with van der Waals surface area (Å²) in [5, 5.41) is 3.07. The van der Waals surface area contributed by atoms with Crippen LogP contribution in [0.1, 0.15) is 27.7 Å². The smallest absolute Gasteiger partial charge is 0.213 e. The van der Waals surface area contributed by atoms with Gasteiger partial charge in [-0.05, 0) is 27.7 Å². The molecule has 0 amide bonds. The molecular formula is C11H24N4O2S. The van der Waals surface area contributed by atoms with Crippen molar-refractivity contribution in [3.63, 3.8) is 0 Å². The van der Waals surface area contributed by atoms with Gasteiger partial charge in [-0.2, -0.15) is 0 Å². The summed E-state index contributed by atoms with van der Waals surface area (Å²) in [4.78, 5) is 4.24. The van der Waals surface area contributed by atoms with E-state index in [9.17, 15) is 8.42 Å². The molecule has 0 saturated carbocycles. The van der Waals surface area contributed by atoms with Crippen LogP contribution in [0.3, 0.4) is 0 Å². The van der Waals surface area contributed by atoms with Crippen LogP contribution in [0.5, 0.6) is 0 Å². The molecule has 1 rings (SSSR count). The van der Waals surface area contributed by atoms with Crippen LogP contribution in [-0.2, 0) is 10.0 Å². The molecule has 1 aliphatic rings. The lowest BCUT2D eigenvalue weighted by Gasteiger charge is -2.37. The molecule has 1 aliphatic heterocycles. The summed E-state index contributed by atoms with van der Waals surface area (Å²) < 4.78 is 24.5. The third-order valence-electron chi connectivity index (χ3n) is 2.70. The van der Waals surface area contributed by atoms with E-state index in [0.717, 1.165) is 0 Å². The van der Waals surface area contributed by atoms with Crippen molar-refractivity contribution in [1.29, 1.82) is 0 Å². The summed E-state index contributed by atoms with van der Waals surface area (Å²) in [6.07, 6.45) is 0. The minimum Gasteiger partial charge on any atom is -0.370 e. The molecule has 3 N–H and O–H groups in total. The van der Waals surface area contributed by atoms with Crippen molar-refractivity contribution in [2.45, 2.75) is 33.2 Å². The van der Waals surface area contributed by atoms with Crippen molar-refractivity contribution >= 4 is 16.0 Å². The molecule has 18 heavy (non-hydrogen) atoms. The van der Waals surface area contributed by atoms with Crippen LogP contribution < -0.4 is 11.1 Å². The van der Waals surface area contributed by atoms with E-state index in [1.54, 1.807) is 6.92 Å². The maximum Gasteiger partial charge on any atom is 0.213 e. The third-order valence-corrected chi connectivity index (χ3v) is 4.52. The van der Waals surface area contributed by atoms with E-state index >= 15 is 0 Å². The SMILES string of the molecule is CCS(=O)(=O)N1CC(CN=C(N)NC(C)(C)C)C1. The molecule has 7 heteroatoms. The Bertz CT molecular complexity index is 405. The predicted molar refractivity (Wildman–Crippen MR) is 73.9 cm³/mol. The minimum atomic E-state index is -3.02. The maximum atomic E-state index is 11.5. The molecule has 0 radical (unpaired) electrons. The number of nitrogens with two attached hydrogens (primary N) is 1. The van der Waals surface area contributed by atoms with Crippen molar-refractivity contribution < 1.29 is 8.42 Å². The van der Waals surface area contributed by atoms with Gasteiger partial charge < -0.3 is 11.1 Å². The van der Waals surface area contributed by atoms with Crippen LogP contribution in [0.4, 0.5) is 0 Å². The molecule has 1 saturated heterocycles. The van der Waals surface area contributed by atoms with Gasteiger partial charge in [-0.1, -0.05) is 0 Å². The Hall–Kier alpha value is -0.820. The zero-order chi connectivity index (χ0) is 14.0. The monoisotopic (exact) mass is 276 g/mol. The summed E-state index contributed by atoms with van der Waals surface area (Å²) in [6, 6.07) is 0. The Morgan fingerprint density at radius 3 is 2.44 bits per heavy atom. The number of aliphatic imine (C=N–C) groups is 1. The Morgan fingerprint density at radius 2 is 2.00 bits per heavy atom. The van der Waals surface area contributed by atoms with Gasteiger partial charge in [-0.3, -0.25) is 4.99 Å². The molecule has 0 aromatic heterocycles. The molecular weight excluding hydrogens is 252 g/mol. The number of nitrogens with zero attached hydrogens (tertiary/aromatic N) is 2. The second kappa shape index (κ2) is 5.44. The summed E-state index contributed by atoms with van der Waals surface area (Å²) in [6.45, 7) is 9.37. The third kappa shape index (κ3) is 4.45. The fraction of sp³-hybridized carbons (Fsp3) is 0.909. The number of rotatable bonds is 4. The molecule has 1 fully saturated rings. The van der Waals surface area contributed by atoms with Crippen LogP contribution >= 0.6 is 0 Å². The molecule has 0 aromatic rings. The van der Waals surface area contributed by atoms with E-state index in [1.165, 1.54) is 4.31 Å². The Balaban J connectivity index is 2.35. The van der Waals surface area contributed by atoms with Gasteiger partial charge in [0.05, 0.1) is 5.75 Å². The van der Waals surface area contributed by atoms with E-state index in [1.807, 2.05) is 20.8 Å². The highest BCUT2D eigenvalue weighted by Crippen LogP contribution is 2.19. The standard InChI is InChI=1S/C11H24N4O2S/c1-5-18(16,17)15-7-9(8-15)6-13-10(12)14-11(2,3)4/h9H,5-8H2,1-4H3,(H3,12,13,14). The number of nitrogens with one attached hydrogen (secondary N) is 1. The topological polar surface area (TPSA) is 87.8 Å². The van der Waals surface area contributed by atoms with Crippen molar-refractivity contribution in [1.82, 2.24) is 9.62 Å². The minimum absolute atomic E-state index is 0.106. The van der Waals surface area contributed by atoms with Crippen LogP contribution in [0.25, 0.3) is 0 Å². The number of hydrogen-bond donors (Lipinski definition) is 2. The average Bonchev–Trinajstić information content (AvgIpc) is 2.12. The van der Waals surface area contributed by atoms with E-state index in [-0.39, 0.29) is 17.2 Å². The summed E-state index contributed by atoms with van der Waals surface area (Å²) in [7, 11) is -3.02.